The van der Waals surface area contributed by atoms with Gasteiger partial charge >= 0.3 is 12.1 Å². The number of carbonyl (C=O) groups excluding carboxylic acids is 3. The molecule has 0 radical (unpaired) electrons. The highest BCUT2D eigenvalue weighted by atomic mass is 19.1. The number of ether oxygens (including phenoxy) is 2. The normalized spacial score (nSPS) is 18.1. The summed E-state index contributed by atoms with van der Waals surface area (Å²) in [6, 6.07) is 6.45. The van der Waals surface area contributed by atoms with Crippen LogP contribution >= 0.6 is 0 Å². The van der Waals surface area contributed by atoms with E-state index in [1.807, 2.05) is 11.0 Å². The number of nitrogens with one attached hydrogen (secondary N) is 1. The summed E-state index contributed by atoms with van der Waals surface area (Å²) in [4.78, 5) is 38.3. The van der Waals surface area contributed by atoms with Crippen LogP contribution in [0.1, 0.15) is 26.7 Å². The first-order chi connectivity index (χ1) is 15.3. The number of amides is 2. The number of carbonyl (C=O) groups is 3. The zero-order valence-electron chi connectivity index (χ0n) is 18.0. The molecule has 10 heteroatoms. The van der Waals surface area contributed by atoms with Crippen LogP contribution in [0.5, 0.6) is 0 Å². The van der Waals surface area contributed by atoms with E-state index >= 15 is 0 Å². The highest BCUT2D eigenvalue weighted by Crippen LogP contribution is 2.31. The summed E-state index contributed by atoms with van der Waals surface area (Å²) in [5.41, 5.74) is 1.49. The van der Waals surface area contributed by atoms with E-state index < -0.39 is 24.0 Å². The number of nitriles is 1. The van der Waals surface area contributed by atoms with Gasteiger partial charge in [-0.05, 0) is 43.5 Å². The molecule has 2 fully saturated rings. The van der Waals surface area contributed by atoms with Crippen molar-refractivity contribution in [2.45, 2.75) is 32.8 Å². The van der Waals surface area contributed by atoms with Gasteiger partial charge in [-0.1, -0.05) is 0 Å². The number of rotatable bonds is 6. The lowest BCUT2D eigenvalue weighted by Crippen LogP contribution is -2.33. The number of hydrogen-bond acceptors (Lipinski definition) is 7. The van der Waals surface area contributed by atoms with Crippen molar-refractivity contribution in [3.8, 4) is 6.07 Å². The molecular formula is C22H25FN4O5. The Morgan fingerprint density at radius 1 is 1.34 bits per heavy atom. The molecule has 9 nitrogen and oxygen atoms in total. The monoisotopic (exact) mass is 444 g/mol. The maximum absolute atomic E-state index is 14.9. The number of halogens is 1. The van der Waals surface area contributed by atoms with Crippen LogP contribution < -0.4 is 15.1 Å². The molecule has 32 heavy (non-hydrogen) atoms. The lowest BCUT2D eigenvalue weighted by Gasteiger charge is -2.31. The Bertz CT molecular complexity index is 977. The van der Waals surface area contributed by atoms with Crippen LogP contribution in [0.3, 0.4) is 0 Å². The number of piperidine rings is 1. The Hall–Kier alpha value is -3.61. The molecule has 2 heterocycles. The number of nitrogens with zero attached hydrogens (tertiary/aromatic N) is 3. The van der Waals surface area contributed by atoms with Gasteiger partial charge in [-0.3, -0.25) is 9.69 Å². The Morgan fingerprint density at radius 2 is 2.06 bits per heavy atom. The van der Waals surface area contributed by atoms with E-state index in [4.69, 9.17) is 9.47 Å². The lowest BCUT2D eigenvalue weighted by molar-refractivity contribution is -0.138. The summed E-state index contributed by atoms with van der Waals surface area (Å²) in [6.07, 6.45) is -0.198. The number of benzene rings is 1. The predicted octanol–water partition coefficient (Wildman–Crippen LogP) is 2.27. The second-order valence-electron chi connectivity index (χ2n) is 7.49. The second-order valence-corrected chi connectivity index (χ2v) is 7.49. The van der Waals surface area contributed by atoms with Gasteiger partial charge in [0, 0.05) is 20.0 Å². The summed E-state index contributed by atoms with van der Waals surface area (Å²) < 4.78 is 25.0. The fourth-order valence-electron chi connectivity index (χ4n) is 3.76. The van der Waals surface area contributed by atoms with Crippen molar-refractivity contribution in [3.63, 3.8) is 0 Å². The molecule has 2 aliphatic rings. The minimum absolute atomic E-state index is 0.0312. The Balaban J connectivity index is 1.67. The molecule has 0 bridgehead atoms. The van der Waals surface area contributed by atoms with Gasteiger partial charge in [0.25, 0.3) is 0 Å². The van der Waals surface area contributed by atoms with Crippen molar-refractivity contribution in [2.75, 3.05) is 42.6 Å². The summed E-state index contributed by atoms with van der Waals surface area (Å²) in [6.45, 7) is 4.54. The highest BCUT2D eigenvalue weighted by molar-refractivity contribution is 5.93. The first-order valence-corrected chi connectivity index (χ1v) is 10.4. The van der Waals surface area contributed by atoms with E-state index in [1.54, 1.807) is 19.1 Å². The predicted molar refractivity (Wildman–Crippen MR) is 113 cm³/mol. The van der Waals surface area contributed by atoms with Crippen molar-refractivity contribution >= 4 is 29.3 Å². The Kier molecular flexibility index (Phi) is 7.30. The SMILES string of the molecule is CCOC(=O)C(C#N)=C1CCN(c2ccc(N3C[C@H](CNC(C)=O)OC3=O)cc2F)CC1. The van der Waals surface area contributed by atoms with Crippen LogP contribution in [-0.4, -0.2) is 56.9 Å². The summed E-state index contributed by atoms with van der Waals surface area (Å²) in [5, 5.41) is 11.9. The van der Waals surface area contributed by atoms with Gasteiger partial charge < -0.3 is 19.7 Å². The molecule has 0 spiro atoms. The molecule has 0 aliphatic carbocycles. The van der Waals surface area contributed by atoms with Crippen LogP contribution in [0.2, 0.25) is 0 Å². The highest BCUT2D eigenvalue weighted by Gasteiger charge is 2.33. The molecule has 3 rings (SSSR count). The van der Waals surface area contributed by atoms with Gasteiger partial charge in [0.2, 0.25) is 5.91 Å². The van der Waals surface area contributed by atoms with E-state index in [2.05, 4.69) is 5.32 Å². The van der Waals surface area contributed by atoms with Crippen LogP contribution in [0.15, 0.2) is 29.3 Å². The molecule has 1 aromatic rings. The summed E-state index contributed by atoms with van der Waals surface area (Å²) in [7, 11) is 0. The molecule has 0 aromatic heterocycles. The van der Waals surface area contributed by atoms with Gasteiger partial charge in [0.15, 0.2) is 0 Å². The van der Waals surface area contributed by atoms with Crippen LogP contribution in [0.4, 0.5) is 20.6 Å². The van der Waals surface area contributed by atoms with E-state index in [0.29, 0.717) is 42.9 Å². The first kappa shape index (κ1) is 23.1. The Morgan fingerprint density at radius 3 is 2.66 bits per heavy atom. The fourth-order valence-corrected chi connectivity index (χ4v) is 3.76. The molecular weight excluding hydrogens is 419 g/mol. The number of anilines is 2. The van der Waals surface area contributed by atoms with Gasteiger partial charge in [-0.15, -0.1) is 0 Å². The van der Waals surface area contributed by atoms with Gasteiger partial charge in [-0.2, -0.15) is 5.26 Å². The molecule has 170 valence electrons. The lowest BCUT2D eigenvalue weighted by atomic mass is 9.98. The average Bonchev–Trinajstić information content (AvgIpc) is 3.14. The van der Waals surface area contributed by atoms with Crippen molar-refractivity contribution in [3.05, 3.63) is 35.2 Å². The standard InChI is InChI=1S/C22H25FN4O5/c1-3-31-21(29)18(11-24)15-6-8-26(9-7-15)20-5-4-16(10-19(20)23)27-13-17(32-22(27)30)12-25-14(2)28/h4-5,10,17H,3,6-9,12-13H2,1-2H3,(H,25,28)/t17-/m0/s1. The van der Waals surface area contributed by atoms with E-state index in [0.717, 1.165) is 0 Å². The molecule has 2 saturated heterocycles. The van der Waals surface area contributed by atoms with Crippen LogP contribution in [0.25, 0.3) is 0 Å². The topological polar surface area (TPSA) is 112 Å². The smallest absolute Gasteiger partial charge is 0.414 e. The minimum Gasteiger partial charge on any atom is -0.462 e. The third-order valence-electron chi connectivity index (χ3n) is 5.35. The molecule has 0 unspecified atom stereocenters. The maximum Gasteiger partial charge on any atom is 0.414 e. The zero-order valence-corrected chi connectivity index (χ0v) is 18.0. The molecule has 2 amide bonds. The first-order valence-electron chi connectivity index (χ1n) is 10.4. The molecule has 1 aromatic carbocycles. The molecule has 1 atom stereocenters. The van der Waals surface area contributed by atoms with Gasteiger partial charge in [-0.25, -0.2) is 14.0 Å². The van der Waals surface area contributed by atoms with E-state index in [1.165, 1.54) is 17.9 Å². The largest absolute Gasteiger partial charge is 0.462 e. The van der Waals surface area contributed by atoms with E-state index in [-0.39, 0.29) is 31.2 Å². The number of cyclic esters (lactones) is 1. The fraction of sp³-hybridized carbons (Fsp3) is 0.455. The average molecular weight is 444 g/mol. The molecule has 1 N–H and O–H groups in total. The van der Waals surface area contributed by atoms with Crippen molar-refractivity contribution in [1.82, 2.24) is 5.32 Å². The molecule has 0 saturated carbocycles. The quantitative estimate of drug-likeness (QED) is 0.407. The summed E-state index contributed by atoms with van der Waals surface area (Å²) in [5.74, 6) is -1.33. The number of hydrogen-bond donors (Lipinski definition) is 1. The Labute approximate surface area is 185 Å². The third-order valence-corrected chi connectivity index (χ3v) is 5.35. The van der Waals surface area contributed by atoms with Gasteiger partial charge in [0.05, 0.1) is 31.1 Å². The second kappa shape index (κ2) is 10.1. The van der Waals surface area contributed by atoms with Crippen LogP contribution in [-0.2, 0) is 19.1 Å². The maximum atomic E-state index is 14.9. The van der Waals surface area contributed by atoms with Crippen molar-refractivity contribution in [1.29, 1.82) is 5.26 Å². The summed E-state index contributed by atoms with van der Waals surface area (Å²) >= 11 is 0. The van der Waals surface area contributed by atoms with Crippen molar-refractivity contribution < 1.29 is 28.2 Å². The van der Waals surface area contributed by atoms with Crippen molar-refractivity contribution in [2.24, 2.45) is 0 Å². The zero-order chi connectivity index (χ0) is 23.3. The van der Waals surface area contributed by atoms with E-state index in [9.17, 15) is 24.0 Å². The number of esters is 1. The van der Waals surface area contributed by atoms with Gasteiger partial charge in [0.1, 0.15) is 23.6 Å². The van der Waals surface area contributed by atoms with Crippen LogP contribution in [0, 0.1) is 17.1 Å². The third kappa shape index (κ3) is 5.17. The minimum atomic E-state index is -0.622. The molecule has 2 aliphatic heterocycles.